The van der Waals surface area contributed by atoms with Gasteiger partial charge in [0.15, 0.2) is 5.11 Å². The van der Waals surface area contributed by atoms with Crippen molar-refractivity contribution in [2.75, 3.05) is 36.5 Å². The number of morpholine rings is 1. The Kier molecular flexibility index (Phi) is 6.68. The first-order chi connectivity index (χ1) is 12.5. The van der Waals surface area contributed by atoms with Crippen molar-refractivity contribution in [3.63, 3.8) is 0 Å². The second-order valence-electron chi connectivity index (χ2n) is 5.65. The second-order valence-corrected chi connectivity index (χ2v) is 7.66. The fraction of sp³-hybridized carbons (Fsp3) is 0.222. The van der Waals surface area contributed by atoms with Gasteiger partial charge in [0.2, 0.25) is 0 Å². The van der Waals surface area contributed by atoms with Gasteiger partial charge in [0, 0.05) is 21.7 Å². The molecule has 1 fully saturated rings. The Hall–Kier alpha value is -1.42. The zero-order valence-electron chi connectivity index (χ0n) is 13.8. The van der Waals surface area contributed by atoms with Gasteiger partial charge in [-0.05, 0) is 65.1 Å². The number of hydrogen-bond acceptors (Lipinski definition) is 4. The molecule has 0 aliphatic carbocycles. The highest BCUT2D eigenvalue weighted by Gasteiger charge is 2.17. The van der Waals surface area contributed by atoms with Crippen LogP contribution in [-0.2, 0) is 4.74 Å². The molecule has 5 nitrogen and oxygen atoms in total. The largest absolute Gasteiger partial charge is 0.378 e. The molecule has 3 rings (SSSR count). The molecule has 1 aliphatic rings. The van der Waals surface area contributed by atoms with Crippen LogP contribution in [0.3, 0.4) is 0 Å². The number of rotatable bonds is 3. The minimum atomic E-state index is -0.248. The molecule has 8 heteroatoms. The van der Waals surface area contributed by atoms with Gasteiger partial charge < -0.3 is 15.0 Å². The van der Waals surface area contributed by atoms with E-state index in [0.29, 0.717) is 23.8 Å². The standard InChI is InChI=1S/C18H17ClIN3O2S/c19-12-5-6-16(23-7-9-25-10-8-23)15(11-12)21-18(26)22-17(24)13-3-1-2-4-14(13)20/h1-6,11H,7-10H2,(H2,21,22,24,26). The molecule has 1 saturated heterocycles. The number of carbonyl (C=O) groups is 1. The number of nitrogens with one attached hydrogen (secondary N) is 2. The normalized spacial score (nSPS) is 14.0. The molecule has 0 atom stereocenters. The molecular formula is C18H17ClIN3O2S. The first-order valence-corrected chi connectivity index (χ1v) is 9.90. The number of benzene rings is 2. The van der Waals surface area contributed by atoms with Gasteiger partial charge in [0.05, 0.1) is 30.2 Å². The zero-order chi connectivity index (χ0) is 18.5. The van der Waals surface area contributed by atoms with Crippen LogP contribution < -0.4 is 15.5 Å². The molecule has 0 spiro atoms. The maximum atomic E-state index is 12.4. The van der Waals surface area contributed by atoms with Gasteiger partial charge in [-0.2, -0.15) is 0 Å². The van der Waals surface area contributed by atoms with E-state index in [4.69, 9.17) is 28.6 Å². The van der Waals surface area contributed by atoms with Crippen LogP contribution in [0.15, 0.2) is 42.5 Å². The van der Waals surface area contributed by atoms with E-state index in [-0.39, 0.29) is 11.0 Å². The number of nitrogens with zero attached hydrogens (tertiary/aromatic N) is 1. The van der Waals surface area contributed by atoms with Gasteiger partial charge in [-0.3, -0.25) is 10.1 Å². The number of hydrogen-bond donors (Lipinski definition) is 2. The summed E-state index contributed by atoms with van der Waals surface area (Å²) in [7, 11) is 0. The maximum absolute atomic E-state index is 12.4. The number of anilines is 2. The van der Waals surface area contributed by atoms with Gasteiger partial charge in [-0.25, -0.2) is 0 Å². The highest BCUT2D eigenvalue weighted by Crippen LogP contribution is 2.29. The zero-order valence-corrected chi connectivity index (χ0v) is 17.5. The third-order valence-corrected chi connectivity index (χ3v) is 5.28. The molecule has 1 heterocycles. The van der Waals surface area contributed by atoms with E-state index in [9.17, 15) is 4.79 Å². The molecular weight excluding hydrogens is 485 g/mol. The summed E-state index contributed by atoms with van der Waals surface area (Å²) in [5.74, 6) is -0.248. The average Bonchev–Trinajstić information content (AvgIpc) is 2.62. The molecule has 0 aromatic heterocycles. The first kappa shape index (κ1) is 19.3. The Morgan fingerprint density at radius 1 is 1.19 bits per heavy atom. The molecule has 0 bridgehead atoms. The van der Waals surface area contributed by atoms with Crippen LogP contribution in [0.2, 0.25) is 5.02 Å². The molecule has 1 aliphatic heterocycles. The lowest BCUT2D eigenvalue weighted by Crippen LogP contribution is -2.38. The summed E-state index contributed by atoms with van der Waals surface area (Å²) in [4.78, 5) is 14.6. The minimum absolute atomic E-state index is 0.228. The Balaban J connectivity index is 1.73. The summed E-state index contributed by atoms with van der Waals surface area (Å²) in [6.07, 6.45) is 0. The quantitative estimate of drug-likeness (QED) is 0.493. The summed E-state index contributed by atoms with van der Waals surface area (Å²) in [5.41, 5.74) is 2.31. The topological polar surface area (TPSA) is 53.6 Å². The van der Waals surface area contributed by atoms with Gasteiger partial charge in [0.25, 0.3) is 5.91 Å². The molecule has 136 valence electrons. The maximum Gasteiger partial charge on any atom is 0.258 e. The van der Waals surface area contributed by atoms with Crippen molar-refractivity contribution >= 4 is 68.8 Å². The van der Waals surface area contributed by atoms with Crippen LogP contribution in [0.25, 0.3) is 0 Å². The van der Waals surface area contributed by atoms with Gasteiger partial charge in [-0.1, -0.05) is 23.7 Å². The van der Waals surface area contributed by atoms with E-state index in [1.165, 1.54) is 0 Å². The molecule has 1 amide bonds. The average molecular weight is 502 g/mol. The van der Waals surface area contributed by atoms with Crippen LogP contribution in [-0.4, -0.2) is 37.3 Å². The van der Waals surface area contributed by atoms with Crippen LogP contribution in [0.5, 0.6) is 0 Å². The van der Waals surface area contributed by atoms with Crippen molar-refractivity contribution in [3.8, 4) is 0 Å². The van der Waals surface area contributed by atoms with Crippen LogP contribution in [0, 0.1) is 3.57 Å². The smallest absolute Gasteiger partial charge is 0.258 e. The molecule has 0 radical (unpaired) electrons. The molecule has 26 heavy (non-hydrogen) atoms. The van der Waals surface area contributed by atoms with Crippen molar-refractivity contribution in [1.82, 2.24) is 5.32 Å². The van der Waals surface area contributed by atoms with E-state index in [0.717, 1.165) is 28.0 Å². The summed E-state index contributed by atoms with van der Waals surface area (Å²) in [6.45, 7) is 2.93. The lowest BCUT2D eigenvalue weighted by molar-refractivity contribution is 0.0977. The molecule has 0 unspecified atom stereocenters. The monoisotopic (exact) mass is 501 g/mol. The van der Waals surface area contributed by atoms with E-state index in [2.05, 4.69) is 38.1 Å². The third kappa shape index (κ3) is 4.85. The van der Waals surface area contributed by atoms with E-state index in [1.807, 2.05) is 30.3 Å². The number of carbonyl (C=O) groups excluding carboxylic acids is 1. The predicted molar refractivity (Wildman–Crippen MR) is 117 cm³/mol. The van der Waals surface area contributed by atoms with Gasteiger partial charge in [-0.15, -0.1) is 0 Å². The molecule has 0 saturated carbocycles. The van der Waals surface area contributed by atoms with Crippen LogP contribution in [0.4, 0.5) is 11.4 Å². The third-order valence-electron chi connectivity index (χ3n) is 3.90. The van der Waals surface area contributed by atoms with E-state index in [1.54, 1.807) is 12.1 Å². The van der Waals surface area contributed by atoms with Crippen LogP contribution in [0.1, 0.15) is 10.4 Å². The minimum Gasteiger partial charge on any atom is -0.378 e. The highest BCUT2D eigenvalue weighted by atomic mass is 127. The van der Waals surface area contributed by atoms with Crippen molar-refractivity contribution in [2.45, 2.75) is 0 Å². The number of amides is 1. The number of halogens is 2. The first-order valence-electron chi connectivity index (χ1n) is 8.04. The second kappa shape index (κ2) is 8.98. The summed E-state index contributed by atoms with van der Waals surface area (Å²) in [6, 6.07) is 12.9. The SMILES string of the molecule is O=C(NC(=S)Nc1cc(Cl)ccc1N1CCOCC1)c1ccccc1I. The fourth-order valence-electron chi connectivity index (χ4n) is 2.66. The summed E-state index contributed by atoms with van der Waals surface area (Å²) < 4.78 is 6.27. The number of thiocarbonyl (C=S) groups is 1. The lowest BCUT2D eigenvalue weighted by Gasteiger charge is -2.30. The van der Waals surface area contributed by atoms with E-state index < -0.39 is 0 Å². The molecule has 2 N–H and O–H groups in total. The fourth-order valence-corrected chi connectivity index (χ4v) is 3.66. The predicted octanol–water partition coefficient (Wildman–Crippen LogP) is 3.91. The van der Waals surface area contributed by atoms with Crippen molar-refractivity contribution in [3.05, 3.63) is 56.6 Å². The Labute approximate surface area is 176 Å². The molecule has 2 aromatic rings. The lowest BCUT2D eigenvalue weighted by atomic mass is 10.2. The van der Waals surface area contributed by atoms with Crippen molar-refractivity contribution in [1.29, 1.82) is 0 Å². The Morgan fingerprint density at radius 2 is 1.92 bits per heavy atom. The highest BCUT2D eigenvalue weighted by molar-refractivity contribution is 14.1. The molecule has 2 aromatic carbocycles. The summed E-state index contributed by atoms with van der Waals surface area (Å²) in [5, 5.41) is 6.65. The Bertz CT molecular complexity index is 828. The van der Waals surface area contributed by atoms with Crippen molar-refractivity contribution < 1.29 is 9.53 Å². The van der Waals surface area contributed by atoms with Crippen molar-refractivity contribution in [2.24, 2.45) is 0 Å². The number of ether oxygens (including phenoxy) is 1. The van der Waals surface area contributed by atoms with Gasteiger partial charge in [0.1, 0.15) is 0 Å². The van der Waals surface area contributed by atoms with E-state index >= 15 is 0 Å². The Morgan fingerprint density at radius 3 is 2.65 bits per heavy atom. The van der Waals surface area contributed by atoms with Crippen LogP contribution >= 0.6 is 46.4 Å². The summed E-state index contributed by atoms with van der Waals surface area (Å²) >= 11 is 13.6. The van der Waals surface area contributed by atoms with Gasteiger partial charge >= 0.3 is 0 Å².